The number of carbonyl (C=O) groups excluding carboxylic acids is 1. The van der Waals surface area contributed by atoms with E-state index in [4.69, 9.17) is 0 Å². The minimum absolute atomic E-state index is 0.207. The number of halogens is 1. The second-order valence-electron chi connectivity index (χ2n) is 6.20. The SMILES string of the molecule is O=C(CCC1CCNCC1)NC1CCc2c(Br)cccc21. The summed E-state index contributed by atoms with van der Waals surface area (Å²) >= 11 is 3.61. The Hall–Kier alpha value is -0.870. The lowest BCUT2D eigenvalue weighted by molar-refractivity contribution is -0.122. The lowest BCUT2D eigenvalue weighted by Crippen LogP contribution is -2.30. The average Bonchev–Trinajstić information content (AvgIpc) is 2.91. The molecule has 3 rings (SSSR count). The van der Waals surface area contributed by atoms with Crippen LogP contribution in [0.2, 0.25) is 0 Å². The van der Waals surface area contributed by atoms with E-state index in [0.29, 0.717) is 6.42 Å². The third-order valence-electron chi connectivity index (χ3n) is 4.79. The van der Waals surface area contributed by atoms with Crippen molar-refractivity contribution in [3.63, 3.8) is 0 Å². The van der Waals surface area contributed by atoms with Gasteiger partial charge in [0.25, 0.3) is 0 Å². The highest BCUT2D eigenvalue weighted by molar-refractivity contribution is 9.10. The fourth-order valence-corrected chi connectivity index (χ4v) is 4.11. The summed E-state index contributed by atoms with van der Waals surface area (Å²) in [6.45, 7) is 2.21. The predicted molar refractivity (Wildman–Crippen MR) is 88.2 cm³/mol. The summed E-state index contributed by atoms with van der Waals surface area (Å²) in [5.74, 6) is 0.938. The third kappa shape index (κ3) is 3.67. The van der Waals surface area contributed by atoms with Crippen LogP contribution in [0.1, 0.15) is 49.3 Å². The van der Waals surface area contributed by atoms with Crippen molar-refractivity contribution in [2.24, 2.45) is 5.92 Å². The molecular weight excluding hydrogens is 328 g/mol. The molecule has 0 spiro atoms. The number of fused-ring (bicyclic) bond motifs is 1. The number of rotatable bonds is 4. The van der Waals surface area contributed by atoms with E-state index < -0.39 is 0 Å². The minimum Gasteiger partial charge on any atom is -0.349 e. The van der Waals surface area contributed by atoms with Crippen molar-refractivity contribution in [1.29, 1.82) is 0 Å². The van der Waals surface area contributed by atoms with Crippen LogP contribution < -0.4 is 10.6 Å². The Morgan fingerprint density at radius 1 is 1.29 bits per heavy atom. The van der Waals surface area contributed by atoms with Gasteiger partial charge in [-0.25, -0.2) is 0 Å². The van der Waals surface area contributed by atoms with Gasteiger partial charge in [-0.15, -0.1) is 0 Å². The smallest absolute Gasteiger partial charge is 0.220 e. The van der Waals surface area contributed by atoms with Gasteiger partial charge in [0, 0.05) is 10.9 Å². The van der Waals surface area contributed by atoms with Gasteiger partial charge >= 0.3 is 0 Å². The van der Waals surface area contributed by atoms with Crippen LogP contribution in [0, 0.1) is 5.92 Å². The molecule has 0 bridgehead atoms. The van der Waals surface area contributed by atoms with Crippen LogP contribution in [0.3, 0.4) is 0 Å². The van der Waals surface area contributed by atoms with E-state index in [9.17, 15) is 4.79 Å². The highest BCUT2D eigenvalue weighted by Gasteiger charge is 2.25. The lowest BCUT2D eigenvalue weighted by atomic mass is 9.93. The second-order valence-corrected chi connectivity index (χ2v) is 7.05. The first kappa shape index (κ1) is 15.0. The molecule has 1 atom stereocenters. The zero-order chi connectivity index (χ0) is 14.7. The fraction of sp³-hybridized carbons (Fsp3) is 0.588. The number of nitrogens with one attached hydrogen (secondary N) is 2. The molecule has 1 saturated heterocycles. The van der Waals surface area contributed by atoms with Gasteiger partial charge in [0.05, 0.1) is 6.04 Å². The summed E-state index contributed by atoms with van der Waals surface area (Å²) < 4.78 is 1.17. The van der Waals surface area contributed by atoms with Gasteiger partial charge in [-0.3, -0.25) is 4.79 Å². The van der Waals surface area contributed by atoms with Crippen molar-refractivity contribution >= 4 is 21.8 Å². The molecule has 0 saturated carbocycles. The molecule has 2 N–H and O–H groups in total. The Bertz CT molecular complexity index is 512. The van der Waals surface area contributed by atoms with Crippen LogP contribution in [0.15, 0.2) is 22.7 Å². The van der Waals surface area contributed by atoms with Crippen molar-refractivity contribution in [1.82, 2.24) is 10.6 Å². The van der Waals surface area contributed by atoms with E-state index in [-0.39, 0.29) is 11.9 Å². The number of benzene rings is 1. The molecule has 1 unspecified atom stereocenters. The van der Waals surface area contributed by atoms with Crippen molar-refractivity contribution in [3.8, 4) is 0 Å². The van der Waals surface area contributed by atoms with E-state index in [1.807, 2.05) is 0 Å². The molecule has 21 heavy (non-hydrogen) atoms. The topological polar surface area (TPSA) is 41.1 Å². The first-order valence-corrected chi connectivity index (χ1v) is 8.80. The molecule has 1 amide bonds. The largest absolute Gasteiger partial charge is 0.349 e. The molecule has 1 aliphatic heterocycles. The molecule has 1 heterocycles. The van der Waals surface area contributed by atoms with Crippen molar-refractivity contribution < 1.29 is 4.79 Å². The summed E-state index contributed by atoms with van der Waals surface area (Å²) in [5.41, 5.74) is 2.65. The molecule has 2 aliphatic rings. The Labute approximate surface area is 135 Å². The molecule has 4 heteroatoms. The van der Waals surface area contributed by atoms with Gasteiger partial charge < -0.3 is 10.6 Å². The molecule has 0 radical (unpaired) electrons. The van der Waals surface area contributed by atoms with E-state index >= 15 is 0 Å². The van der Waals surface area contributed by atoms with Gasteiger partial charge in [-0.2, -0.15) is 0 Å². The van der Waals surface area contributed by atoms with E-state index in [1.54, 1.807) is 0 Å². The van der Waals surface area contributed by atoms with Crippen LogP contribution in [0.5, 0.6) is 0 Å². The number of hydrogen-bond donors (Lipinski definition) is 2. The number of piperidine rings is 1. The number of carbonyl (C=O) groups is 1. The highest BCUT2D eigenvalue weighted by atomic mass is 79.9. The first-order valence-electron chi connectivity index (χ1n) is 8.01. The summed E-state index contributed by atoms with van der Waals surface area (Å²) in [6.07, 6.45) is 6.21. The van der Waals surface area contributed by atoms with Gasteiger partial charge in [0.2, 0.25) is 5.91 Å². The third-order valence-corrected chi connectivity index (χ3v) is 5.53. The van der Waals surface area contributed by atoms with Gasteiger partial charge in [-0.1, -0.05) is 28.1 Å². The average molecular weight is 351 g/mol. The zero-order valence-electron chi connectivity index (χ0n) is 12.3. The summed E-state index contributed by atoms with van der Waals surface area (Å²) in [7, 11) is 0. The van der Waals surface area contributed by atoms with Crippen molar-refractivity contribution in [2.45, 2.75) is 44.6 Å². The van der Waals surface area contributed by atoms with Crippen LogP contribution >= 0.6 is 15.9 Å². The van der Waals surface area contributed by atoms with Gasteiger partial charge in [-0.05, 0) is 68.3 Å². The molecule has 1 aliphatic carbocycles. The normalized spacial score (nSPS) is 22.0. The molecular formula is C17H23BrN2O. The maximum Gasteiger partial charge on any atom is 0.220 e. The van der Waals surface area contributed by atoms with Crippen LogP contribution in [-0.4, -0.2) is 19.0 Å². The van der Waals surface area contributed by atoms with Gasteiger partial charge in [0.15, 0.2) is 0 Å². The zero-order valence-corrected chi connectivity index (χ0v) is 13.9. The van der Waals surface area contributed by atoms with Crippen LogP contribution in [-0.2, 0) is 11.2 Å². The lowest BCUT2D eigenvalue weighted by Gasteiger charge is -2.22. The van der Waals surface area contributed by atoms with E-state index in [1.165, 1.54) is 28.4 Å². The summed E-state index contributed by atoms with van der Waals surface area (Å²) in [5, 5.41) is 6.60. The summed E-state index contributed by atoms with van der Waals surface area (Å²) in [6, 6.07) is 6.49. The number of hydrogen-bond acceptors (Lipinski definition) is 2. The Balaban J connectivity index is 1.51. The van der Waals surface area contributed by atoms with E-state index in [0.717, 1.165) is 38.3 Å². The summed E-state index contributed by atoms with van der Waals surface area (Å²) in [4.78, 5) is 12.2. The Morgan fingerprint density at radius 2 is 2.10 bits per heavy atom. The number of amides is 1. The Kier molecular flexibility index (Phi) is 4.96. The standard InChI is InChI=1S/C17H23BrN2O/c18-15-3-1-2-14-13(15)5-6-16(14)20-17(21)7-4-12-8-10-19-11-9-12/h1-3,12,16,19H,4-11H2,(H,20,21). The quantitative estimate of drug-likeness (QED) is 0.874. The van der Waals surface area contributed by atoms with Gasteiger partial charge in [0.1, 0.15) is 0 Å². The molecule has 1 fully saturated rings. The molecule has 1 aromatic rings. The van der Waals surface area contributed by atoms with Crippen LogP contribution in [0.4, 0.5) is 0 Å². The molecule has 1 aromatic carbocycles. The monoisotopic (exact) mass is 350 g/mol. The molecule has 0 aromatic heterocycles. The predicted octanol–water partition coefficient (Wildman–Crippen LogP) is 3.33. The highest BCUT2D eigenvalue weighted by Crippen LogP contribution is 2.35. The Morgan fingerprint density at radius 3 is 2.90 bits per heavy atom. The van der Waals surface area contributed by atoms with E-state index in [2.05, 4.69) is 44.8 Å². The van der Waals surface area contributed by atoms with Crippen LogP contribution in [0.25, 0.3) is 0 Å². The maximum absolute atomic E-state index is 12.2. The fourth-order valence-electron chi connectivity index (χ4n) is 3.53. The maximum atomic E-state index is 12.2. The van der Waals surface area contributed by atoms with Crippen molar-refractivity contribution in [3.05, 3.63) is 33.8 Å². The first-order chi connectivity index (χ1) is 10.2. The minimum atomic E-state index is 0.207. The molecule has 3 nitrogen and oxygen atoms in total. The van der Waals surface area contributed by atoms with Crippen molar-refractivity contribution in [2.75, 3.05) is 13.1 Å². The second kappa shape index (κ2) is 6.93. The molecule has 114 valence electrons.